The summed E-state index contributed by atoms with van der Waals surface area (Å²) in [4.78, 5) is 39.4. The second-order valence-electron chi connectivity index (χ2n) is 4.21. The van der Waals surface area contributed by atoms with Crippen molar-refractivity contribution in [2.75, 3.05) is 13.7 Å². The first kappa shape index (κ1) is 15.1. The van der Waals surface area contributed by atoms with E-state index in [-0.39, 0.29) is 19.1 Å². The van der Waals surface area contributed by atoms with Crippen LogP contribution in [0.4, 0.5) is 0 Å². The molecule has 0 saturated carbocycles. The van der Waals surface area contributed by atoms with Gasteiger partial charge in [0.05, 0.1) is 18.3 Å². The van der Waals surface area contributed by atoms with Crippen molar-refractivity contribution in [3.05, 3.63) is 27.6 Å². The highest BCUT2D eigenvalue weighted by Crippen LogP contribution is 2.20. The van der Waals surface area contributed by atoms with Crippen molar-refractivity contribution in [3.63, 3.8) is 0 Å². The highest BCUT2D eigenvalue weighted by molar-refractivity contribution is 7.18. The van der Waals surface area contributed by atoms with Gasteiger partial charge in [0, 0.05) is 12.0 Å². The molecule has 8 nitrogen and oxygen atoms in total. The van der Waals surface area contributed by atoms with Crippen LogP contribution in [-0.4, -0.2) is 40.3 Å². The number of ether oxygens (including phenoxy) is 1. The van der Waals surface area contributed by atoms with E-state index in [1.165, 1.54) is 24.8 Å². The van der Waals surface area contributed by atoms with Crippen LogP contribution in [0.5, 0.6) is 0 Å². The van der Waals surface area contributed by atoms with E-state index < -0.39 is 18.1 Å². The smallest absolute Gasteiger partial charge is 0.323 e. The molecule has 0 fully saturated rings. The van der Waals surface area contributed by atoms with E-state index in [9.17, 15) is 14.4 Å². The number of nitrogens with one attached hydrogen (secondary N) is 1. The Kier molecular flexibility index (Phi) is 4.66. The molecule has 0 bridgehead atoms. The van der Waals surface area contributed by atoms with Crippen LogP contribution in [0.25, 0.3) is 10.2 Å². The van der Waals surface area contributed by atoms with Gasteiger partial charge in [-0.25, -0.2) is 4.98 Å². The molecule has 0 saturated heterocycles. The second kappa shape index (κ2) is 6.46. The normalized spacial score (nSPS) is 10.7. The number of hydrogen-bond acceptors (Lipinski definition) is 6. The number of carboxylic acids is 1. The molecule has 0 radical (unpaired) electrons. The first-order chi connectivity index (χ1) is 10.0. The number of carboxylic acid groups (broad SMARTS) is 1. The number of aliphatic carboxylic acids is 1. The lowest BCUT2D eigenvalue weighted by molar-refractivity contribution is -0.137. The van der Waals surface area contributed by atoms with Crippen molar-refractivity contribution in [1.82, 2.24) is 14.9 Å². The molecular weight excluding hydrogens is 298 g/mol. The number of nitrogens with zero attached hydrogens (tertiary/aromatic N) is 2. The lowest BCUT2D eigenvalue weighted by Crippen LogP contribution is -2.26. The van der Waals surface area contributed by atoms with Crippen LogP contribution in [0.15, 0.2) is 17.2 Å². The summed E-state index contributed by atoms with van der Waals surface area (Å²) >= 11 is 1.27. The number of rotatable bonds is 6. The molecular formula is C12H13N3O5S. The largest absolute Gasteiger partial charge is 0.480 e. The molecule has 2 N–H and O–H groups in total. The monoisotopic (exact) mass is 311 g/mol. The number of amides is 1. The van der Waals surface area contributed by atoms with Gasteiger partial charge >= 0.3 is 5.97 Å². The SMILES string of the molecule is COCC(=O)NCc1cc2c(=O)n(CC(=O)O)cnc2s1. The van der Waals surface area contributed by atoms with Crippen LogP contribution in [0, 0.1) is 0 Å². The van der Waals surface area contributed by atoms with E-state index in [1.807, 2.05) is 0 Å². The minimum absolute atomic E-state index is 0.0332. The van der Waals surface area contributed by atoms with Crippen LogP contribution >= 0.6 is 11.3 Å². The molecule has 0 aliphatic rings. The van der Waals surface area contributed by atoms with Crippen LogP contribution in [-0.2, 0) is 27.4 Å². The fourth-order valence-electron chi connectivity index (χ4n) is 1.72. The minimum atomic E-state index is -1.11. The summed E-state index contributed by atoms with van der Waals surface area (Å²) in [6, 6.07) is 1.61. The summed E-state index contributed by atoms with van der Waals surface area (Å²) in [5.74, 6) is -1.37. The summed E-state index contributed by atoms with van der Waals surface area (Å²) in [6.07, 6.45) is 1.21. The van der Waals surface area contributed by atoms with Crippen LogP contribution < -0.4 is 10.9 Å². The predicted molar refractivity (Wildman–Crippen MR) is 75.2 cm³/mol. The van der Waals surface area contributed by atoms with E-state index in [0.29, 0.717) is 10.2 Å². The molecule has 0 aliphatic carbocycles. The Labute approximate surface area is 123 Å². The third-order valence-corrected chi connectivity index (χ3v) is 3.65. The van der Waals surface area contributed by atoms with Crippen molar-refractivity contribution >= 4 is 33.4 Å². The first-order valence-electron chi connectivity index (χ1n) is 5.96. The lowest BCUT2D eigenvalue weighted by atomic mass is 10.3. The Morgan fingerprint density at radius 3 is 2.95 bits per heavy atom. The van der Waals surface area contributed by atoms with E-state index in [0.717, 1.165) is 9.44 Å². The van der Waals surface area contributed by atoms with Gasteiger partial charge in [-0.05, 0) is 6.07 Å². The van der Waals surface area contributed by atoms with Crippen molar-refractivity contribution in [2.24, 2.45) is 0 Å². The topological polar surface area (TPSA) is 111 Å². The van der Waals surface area contributed by atoms with Gasteiger partial charge in [0.25, 0.3) is 5.56 Å². The molecule has 2 rings (SSSR count). The number of carbonyl (C=O) groups is 2. The third-order valence-electron chi connectivity index (χ3n) is 2.61. The standard InChI is InChI=1S/C12H13N3O5S/c1-20-5-9(16)13-3-7-2-8-11(21-7)14-6-15(12(8)19)4-10(17)18/h2,6H,3-5H2,1H3,(H,13,16)(H,17,18). The highest BCUT2D eigenvalue weighted by Gasteiger charge is 2.11. The first-order valence-corrected chi connectivity index (χ1v) is 6.78. The maximum atomic E-state index is 12.1. The van der Waals surface area contributed by atoms with Crippen molar-refractivity contribution in [1.29, 1.82) is 0 Å². The lowest BCUT2D eigenvalue weighted by Gasteiger charge is -2.01. The molecule has 9 heteroatoms. The molecule has 2 aromatic heterocycles. The van der Waals surface area contributed by atoms with Crippen LogP contribution in [0.3, 0.4) is 0 Å². The zero-order valence-electron chi connectivity index (χ0n) is 11.2. The minimum Gasteiger partial charge on any atom is -0.480 e. The summed E-state index contributed by atoms with van der Waals surface area (Å²) < 4.78 is 5.73. The molecule has 0 unspecified atom stereocenters. The van der Waals surface area contributed by atoms with E-state index in [1.54, 1.807) is 6.07 Å². The molecule has 0 aliphatic heterocycles. The maximum absolute atomic E-state index is 12.1. The highest BCUT2D eigenvalue weighted by atomic mass is 32.1. The molecule has 112 valence electrons. The third kappa shape index (κ3) is 3.64. The molecule has 2 heterocycles. The Hall–Kier alpha value is -2.26. The number of thiophene rings is 1. The van der Waals surface area contributed by atoms with Gasteiger partial charge in [0.2, 0.25) is 5.91 Å². The second-order valence-corrected chi connectivity index (χ2v) is 5.33. The fourth-order valence-corrected chi connectivity index (χ4v) is 2.65. The van der Waals surface area contributed by atoms with Crippen molar-refractivity contribution in [2.45, 2.75) is 13.1 Å². The predicted octanol–water partition coefficient (Wildman–Crippen LogP) is -0.195. The summed E-state index contributed by atoms with van der Waals surface area (Å²) in [6.45, 7) is -0.201. The average Bonchev–Trinajstić information content (AvgIpc) is 2.84. The summed E-state index contributed by atoms with van der Waals surface area (Å²) in [7, 11) is 1.42. The Bertz CT molecular complexity index is 736. The fraction of sp³-hybridized carbons (Fsp3) is 0.333. The molecule has 1 amide bonds. The molecule has 21 heavy (non-hydrogen) atoms. The van der Waals surface area contributed by atoms with E-state index in [4.69, 9.17) is 9.84 Å². The van der Waals surface area contributed by atoms with Gasteiger partial charge in [-0.1, -0.05) is 0 Å². The Morgan fingerprint density at radius 2 is 2.29 bits per heavy atom. The van der Waals surface area contributed by atoms with Gasteiger partial charge < -0.3 is 15.2 Å². The van der Waals surface area contributed by atoms with Crippen LogP contribution in [0.2, 0.25) is 0 Å². The quantitative estimate of drug-likeness (QED) is 0.765. The molecule has 0 aromatic carbocycles. The van der Waals surface area contributed by atoms with Crippen molar-refractivity contribution < 1.29 is 19.4 Å². The van der Waals surface area contributed by atoms with Gasteiger partial charge in [-0.2, -0.15) is 0 Å². The number of methoxy groups -OCH3 is 1. The van der Waals surface area contributed by atoms with Gasteiger partial charge in [-0.3, -0.25) is 19.0 Å². The Morgan fingerprint density at radius 1 is 1.52 bits per heavy atom. The summed E-state index contributed by atoms with van der Waals surface area (Å²) in [5.41, 5.74) is -0.409. The average molecular weight is 311 g/mol. The summed E-state index contributed by atoms with van der Waals surface area (Å²) in [5, 5.41) is 11.7. The maximum Gasteiger partial charge on any atom is 0.323 e. The van der Waals surface area contributed by atoms with Gasteiger partial charge in [0.15, 0.2) is 0 Å². The van der Waals surface area contributed by atoms with Gasteiger partial charge in [0.1, 0.15) is 18.0 Å². The zero-order chi connectivity index (χ0) is 15.4. The molecule has 0 atom stereocenters. The number of carbonyl (C=O) groups excluding carboxylic acids is 1. The molecule has 2 aromatic rings. The van der Waals surface area contributed by atoms with Crippen molar-refractivity contribution in [3.8, 4) is 0 Å². The zero-order valence-corrected chi connectivity index (χ0v) is 12.0. The van der Waals surface area contributed by atoms with E-state index >= 15 is 0 Å². The van der Waals surface area contributed by atoms with E-state index in [2.05, 4.69) is 10.3 Å². The number of fused-ring (bicyclic) bond motifs is 1. The molecule has 0 spiro atoms. The van der Waals surface area contributed by atoms with Gasteiger partial charge in [-0.15, -0.1) is 11.3 Å². The van der Waals surface area contributed by atoms with Crippen LogP contribution in [0.1, 0.15) is 4.88 Å². The Balaban J connectivity index is 2.21. The number of aromatic nitrogens is 2. The number of hydrogen-bond donors (Lipinski definition) is 2.